The van der Waals surface area contributed by atoms with Crippen LogP contribution in [0.4, 0.5) is 5.69 Å². The summed E-state index contributed by atoms with van der Waals surface area (Å²) >= 11 is 0. The van der Waals surface area contributed by atoms with Crippen molar-refractivity contribution < 1.29 is 19.1 Å². The number of benzene rings is 1. The smallest absolute Gasteiger partial charge is 0.235 e. The zero-order valence-corrected chi connectivity index (χ0v) is 17.6. The van der Waals surface area contributed by atoms with Crippen LogP contribution in [0.5, 0.6) is 0 Å². The molecule has 6 heteroatoms. The summed E-state index contributed by atoms with van der Waals surface area (Å²) in [5.41, 5.74) is 2.44. The first-order chi connectivity index (χ1) is 13.7. The second-order valence-electron chi connectivity index (χ2n) is 9.25. The largest absolute Gasteiger partial charge is 0.383 e. The number of imide groups is 1. The first-order valence-corrected chi connectivity index (χ1v) is 10.1. The highest BCUT2D eigenvalue weighted by atomic mass is 16.5. The van der Waals surface area contributed by atoms with Crippen LogP contribution in [0.2, 0.25) is 0 Å². The monoisotopic (exact) mass is 396 g/mol. The van der Waals surface area contributed by atoms with Gasteiger partial charge in [-0.3, -0.25) is 19.3 Å². The summed E-state index contributed by atoms with van der Waals surface area (Å²) in [5.74, 6) is -1.66. The van der Waals surface area contributed by atoms with Crippen LogP contribution >= 0.6 is 0 Å². The molecule has 2 saturated heterocycles. The Hall–Kier alpha value is -2.47. The fourth-order valence-corrected chi connectivity index (χ4v) is 4.90. The summed E-state index contributed by atoms with van der Waals surface area (Å²) in [5, 5.41) is 0. The van der Waals surface area contributed by atoms with Crippen molar-refractivity contribution in [3.05, 3.63) is 35.4 Å². The molecule has 0 aliphatic carbocycles. The van der Waals surface area contributed by atoms with Gasteiger partial charge in [0.1, 0.15) is 6.04 Å². The maximum atomic E-state index is 13.5. The number of carbonyl (C=O) groups excluding carboxylic acids is 3. The van der Waals surface area contributed by atoms with Crippen LogP contribution in [0.25, 0.3) is 6.08 Å². The fraction of sp³-hybridized carbons (Fsp3) is 0.522. The molecule has 4 atom stereocenters. The number of hydrogen-bond acceptors (Lipinski definition) is 5. The molecule has 6 nitrogen and oxygen atoms in total. The molecule has 2 amide bonds. The van der Waals surface area contributed by atoms with Gasteiger partial charge in [0.15, 0.2) is 5.78 Å². The number of rotatable bonds is 4. The van der Waals surface area contributed by atoms with Crippen molar-refractivity contribution in [2.24, 2.45) is 17.3 Å². The second-order valence-corrected chi connectivity index (χ2v) is 9.25. The molecule has 0 unspecified atom stereocenters. The summed E-state index contributed by atoms with van der Waals surface area (Å²) in [7, 11) is 1.54. The molecule has 0 aromatic heterocycles. The van der Waals surface area contributed by atoms with E-state index in [-0.39, 0.29) is 30.2 Å². The van der Waals surface area contributed by atoms with Gasteiger partial charge in [-0.1, -0.05) is 44.6 Å². The number of likely N-dealkylation sites (tertiary alicyclic amines) is 1. The Kier molecular flexibility index (Phi) is 4.65. The highest BCUT2D eigenvalue weighted by Gasteiger charge is 2.64. The first-order valence-electron chi connectivity index (χ1n) is 10.1. The molecule has 154 valence electrons. The number of carbonyl (C=O) groups is 3. The van der Waals surface area contributed by atoms with Gasteiger partial charge >= 0.3 is 0 Å². The van der Waals surface area contributed by atoms with E-state index in [1.165, 1.54) is 4.90 Å². The molecule has 2 fully saturated rings. The Balaban J connectivity index is 1.83. The summed E-state index contributed by atoms with van der Waals surface area (Å²) in [6.45, 7) is 8.16. The average molecular weight is 396 g/mol. The lowest BCUT2D eigenvalue weighted by Gasteiger charge is -2.38. The minimum atomic E-state index is -0.659. The molecular formula is C23H28N2O4. The fourth-order valence-electron chi connectivity index (χ4n) is 4.90. The normalized spacial score (nSPS) is 27.9. The topological polar surface area (TPSA) is 66.9 Å². The van der Waals surface area contributed by atoms with Crippen molar-refractivity contribution in [1.29, 1.82) is 0 Å². The zero-order chi connectivity index (χ0) is 21.1. The van der Waals surface area contributed by atoms with Gasteiger partial charge in [0.2, 0.25) is 11.8 Å². The molecule has 0 saturated carbocycles. The van der Waals surface area contributed by atoms with Gasteiger partial charge < -0.3 is 9.64 Å². The lowest BCUT2D eigenvalue weighted by molar-refractivity contribution is -0.142. The van der Waals surface area contributed by atoms with Crippen LogP contribution in [0.1, 0.15) is 31.9 Å². The number of amides is 2. The minimum Gasteiger partial charge on any atom is -0.383 e. The van der Waals surface area contributed by atoms with Crippen molar-refractivity contribution in [2.75, 3.05) is 25.2 Å². The maximum Gasteiger partial charge on any atom is 0.235 e. The molecular weight excluding hydrogens is 368 g/mol. The quantitative estimate of drug-likeness (QED) is 0.732. The van der Waals surface area contributed by atoms with Crippen LogP contribution in [0.3, 0.4) is 0 Å². The lowest BCUT2D eigenvalue weighted by atomic mass is 9.79. The van der Waals surface area contributed by atoms with E-state index in [0.29, 0.717) is 6.61 Å². The Bertz CT molecular complexity index is 914. The van der Waals surface area contributed by atoms with Gasteiger partial charge in [-0.05, 0) is 24.6 Å². The van der Waals surface area contributed by atoms with Crippen molar-refractivity contribution >= 4 is 29.4 Å². The molecule has 1 aromatic rings. The zero-order valence-electron chi connectivity index (χ0n) is 17.6. The number of anilines is 1. The summed E-state index contributed by atoms with van der Waals surface area (Å²) in [4.78, 5) is 43.4. The second kappa shape index (κ2) is 6.80. The number of fused-ring (bicyclic) bond motifs is 5. The highest BCUT2D eigenvalue weighted by molar-refractivity contribution is 6.11. The standard InChI is InChI=1S/C23H28N2O4/c1-13-6-8-15-14(12-13)7-9-16-17-18(19(25(15)16)20(26)23(2,3)4)22(28)24(21(17)27)10-11-29-5/h6-9,12,16-19H,10-11H2,1-5H3/t16-,17-,18-,19-/m0/s1. The summed E-state index contributed by atoms with van der Waals surface area (Å²) in [6.07, 6.45) is 4.00. The molecule has 0 spiro atoms. The lowest BCUT2D eigenvalue weighted by Crippen LogP contribution is -2.51. The average Bonchev–Trinajstić information content (AvgIpc) is 3.12. The van der Waals surface area contributed by atoms with Crippen molar-refractivity contribution in [2.45, 2.75) is 39.8 Å². The number of aryl methyl sites for hydroxylation is 1. The van der Waals surface area contributed by atoms with Gasteiger partial charge in [-0.2, -0.15) is 0 Å². The molecule has 0 bridgehead atoms. The van der Waals surface area contributed by atoms with E-state index < -0.39 is 23.3 Å². The number of nitrogens with zero attached hydrogens (tertiary/aromatic N) is 2. The third-order valence-corrected chi connectivity index (χ3v) is 6.28. The van der Waals surface area contributed by atoms with Gasteiger partial charge in [-0.15, -0.1) is 0 Å². The molecule has 4 rings (SSSR count). The Labute approximate surface area is 171 Å². The van der Waals surface area contributed by atoms with E-state index in [4.69, 9.17) is 4.74 Å². The summed E-state index contributed by atoms with van der Waals surface area (Å²) < 4.78 is 5.08. The number of ether oxygens (including phenoxy) is 1. The molecule has 29 heavy (non-hydrogen) atoms. The molecule has 1 aromatic carbocycles. The van der Waals surface area contributed by atoms with E-state index in [1.807, 2.05) is 56.9 Å². The molecule has 3 aliphatic rings. The van der Waals surface area contributed by atoms with Crippen LogP contribution in [0.15, 0.2) is 24.3 Å². The van der Waals surface area contributed by atoms with Crippen LogP contribution < -0.4 is 4.90 Å². The van der Waals surface area contributed by atoms with E-state index >= 15 is 0 Å². The Morgan fingerprint density at radius 2 is 1.83 bits per heavy atom. The van der Waals surface area contributed by atoms with Gasteiger partial charge in [0, 0.05) is 18.2 Å². The molecule has 3 heterocycles. The minimum absolute atomic E-state index is 0.00781. The molecule has 0 radical (unpaired) electrons. The van der Waals surface area contributed by atoms with Crippen molar-refractivity contribution in [3.8, 4) is 0 Å². The predicted octanol–water partition coefficient (Wildman–Crippen LogP) is 2.44. The number of ketones is 1. The van der Waals surface area contributed by atoms with E-state index in [9.17, 15) is 14.4 Å². The third-order valence-electron chi connectivity index (χ3n) is 6.28. The Morgan fingerprint density at radius 3 is 2.48 bits per heavy atom. The predicted molar refractivity (Wildman–Crippen MR) is 110 cm³/mol. The number of hydrogen-bond donors (Lipinski definition) is 0. The molecule has 0 N–H and O–H groups in total. The van der Waals surface area contributed by atoms with Crippen molar-refractivity contribution in [3.63, 3.8) is 0 Å². The SMILES string of the molecule is COCCN1C(=O)[C@@H]2[C@H](C1=O)[C@@H](C(=O)C(C)(C)C)N1c3ccc(C)cc3C=C[C@@H]21. The third kappa shape index (κ3) is 2.92. The van der Waals surface area contributed by atoms with Gasteiger partial charge in [0.05, 0.1) is 31.0 Å². The first kappa shape index (κ1) is 19.8. The van der Waals surface area contributed by atoms with Crippen molar-refractivity contribution in [1.82, 2.24) is 4.90 Å². The van der Waals surface area contributed by atoms with Gasteiger partial charge in [0.25, 0.3) is 0 Å². The summed E-state index contributed by atoms with van der Waals surface area (Å²) in [6, 6.07) is 5.14. The van der Waals surface area contributed by atoms with Crippen LogP contribution in [0, 0.1) is 24.2 Å². The van der Waals surface area contributed by atoms with Crippen LogP contribution in [-0.4, -0.2) is 54.8 Å². The van der Waals surface area contributed by atoms with Gasteiger partial charge in [-0.25, -0.2) is 0 Å². The maximum absolute atomic E-state index is 13.5. The van der Waals surface area contributed by atoms with E-state index in [1.54, 1.807) is 7.11 Å². The highest BCUT2D eigenvalue weighted by Crippen LogP contribution is 2.49. The Morgan fingerprint density at radius 1 is 1.14 bits per heavy atom. The molecule has 3 aliphatic heterocycles. The number of methoxy groups -OCH3 is 1. The number of Topliss-reactive ketones (excluding diaryl/α,β-unsaturated/α-hetero) is 1. The van der Waals surface area contributed by atoms with E-state index in [2.05, 4.69) is 6.07 Å². The van der Waals surface area contributed by atoms with Crippen LogP contribution in [-0.2, 0) is 19.1 Å². The van der Waals surface area contributed by atoms with E-state index in [0.717, 1.165) is 16.8 Å².